The number of aryl methyl sites for hydroxylation is 2. The molecule has 0 aliphatic carbocycles. The van der Waals surface area contributed by atoms with Crippen molar-refractivity contribution in [3.63, 3.8) is 0 Å². The highest BCUT2D eigenvalue weighted by Crippen LogP contribution is 2.31. The maximum absolute atomic E-state index is 6.09. The van der Waals surface area contributed by atoms with Crippen LogP contribution in [0.4, 0.5) is 0 Å². The minimum atomic E-state index is -0.157. The van der Waals surface area contributed by atoms with E-state index in [1.54, 1.807) is 6.20 Å². The van der Waals surface area contributed by atoms with E-state index in [4.69, 9.17) is 17.4 Å². The van der Waals surface area contributed by atoms with Gasteiger partial charge in [0, 0.05) is 11.6 Å². The van der Waals surface area contributed by atoms with Gasteiger partial charge in [0.25, 0.3) is 0 Å². The molecule has 0 saturated heterocycles. The van der Waals surface area contributed by atoms with Crippen molar-refractivity contribution in [1.82, 2.24) is 15.2 Å². The maximum Gasteiger partial charge on any atom is 0.0892 e. The van der Waals surface area contributed by atoms with Gasteiger partial charge in [0.15, 0.2) is 0 Å². The quantitative estimate of drug-likeness (QED) is 0.662. The predicted octanol–water partition coefficient (Wildman–Crippen LogP) is 3.18. The van der Waals surface area contributed by atoms with Gasteiger partial charge < -0.3 is 0 Å². The van der Waals surface area contributed by atoms with Crippen LogP contribution < -0.4 is 11.3 Å². The summed E-state index contributed by atoms with van der Waals surface area (Å²) in [5, 5.41) is 5.02. The highest BCUT2D eigenvalue weighted by atomic mass is 79.9. The molecule has 0 aliphatic heterocycles. The second-order valence-corrected chi connectivity index (χ2v) is 5.58. The van der Waals surface area contributed by atoms with Crippen molar-refractivity contribution in [3.05, 3.63) is 50.7 Å². The summed E-state index contributed by atoms with van der Waals surface area (Å²) in [6, 6.07) is 5.64. The second-order valence-electron chi connectivity index (χ2n) is 4.29. The van der Waals surface area contributed by atoms with Gasteiger partial charge in [0.2, 0.25) is 0 Å². The van der Waals surface area contributed by atoms with Gasteiger partial charge in [-0.1, -0.05) is 17.7 Å². The number of benzene rings is 1. The number of nitrogens with one attached hydrogen (secondary N) is 1. The molecule has 0 aliphatic rings. The number of nitrogens with two attached hydrogens (primary N) is 1. The predicted molar refractivity (Wildman–Crippen MR) is 81.0 cm³/mol. The Morgan fingerprint density at radius 2 is 2.26 bits per heavy atom. The smallest absolute Gasteiger partial charge is 0.0892 e. The van der Waals surface area contributed by atoms with Crippen LogP contribution in [0.5, 0.6) is 0 Å². The number of nitrogens with zero attached hydrogens (tertiary/aromatic N) is 2. The average Bonchev–Trinajstić information content (AvgIpc) is 2.76. The van der Waals surface area contributed by atoms with Crippen LogP contribution in [-0.2, 0) is 6.54 Å². The molecule has 0 spiro atoms. The molecule has 4 nitrogen and oxygen atoms in total. The number of halogens is 2. The van der Waals surface area contributed by atoms with Gasteiger partial charge in [-0.05, 0) is 53.0 Å². The van der Waals surface area contributed by atoms with E-state index in [1.807, 2.05) is 36.7 Å². The molecule has 102 valence electrons. The first kappa shape index (κ1) is 14.5. The van der Waals surface area contributed by atoms with E-state index in [-0.39, 0.29) is 6.04 Å². The molecule has 6 heteroatoms. The molecule has 19 heavy (non-hydrogen) atoms. The number of rotatable bonds is 4. The highest BCUT2D eigenvalue weighted by Gasteiger charge is 2.22. The molecule has 0 radical (unpaired) electrons. The SMILES string of the molecule is CCn1ncc(Br)c1C(NN)c1cc(Cl)ccc1C. The Labute approximate surface area is 126 Å². The molecule has 2 rings (SSSR count). The van der Waals surface area contributed by atoms with Gasteiger partial charge in [0.1, 0.15) is 0 Å². The lowest BCUT2D eigenvalue weighted by atomic mass is 9.99. The zero-order chi connectivity index (χ0) is 14.0. The molecule has 2 aromatic rings. The molecule has 1 aromatic heterocycles. The summed E-state index contributed by atoms with van der Waals surface area (Å²) < 4.78 is 2.84. The molecular weight excluding hydrogens is 328 g/mol. The van der Waals surface area contributed by atoms with Crippen molar-refractivity contribution in [1.29, 1.82) is 0 Å². The molecule has 1 atom stereocenters. The Balaban J connectivity index is 2.56. The van der Waals surface area contributed by atoms with Gasteiger partial charge in [-0.3, -0.25) is 10.5 Å². The fourth-order valence-corrected chi connectivity index (χ4v) is 2.85. The van der Waals surface area contributed by atoms with Gasteiger partial charge >= 0.3 is 0 Å². The van der Waals surface area contributed by atoms with E-state index in [1.165, 1.54) is 0 Å². The normalized spacial score (nSPS) is 12.7. The first-order chi connectivity index (χ1) is 9.08. The summed E-state index contributed by atoms with van der Waals surface area (Å²) in [7, 11) is 0. The second kappa shape index (κ2) is 6.05. The van der Waals surface area contributed by atoms with E-state index in [2.05, 4.69) is 26.5 Å². The van der Waals surface area contributed by atoms with Crippen LogP contribution in [0.1, 0.15) is 29.8 Å². The van der Waals surface area contributed by atoms with E-state index in [0.717, 1.165) is 27.8 Å². The van der Waals surface area contributed by atoms with Crippen molar-refractivity contribution < 1.29 is 0 Å². The van der Waals surface area contributed by atoms with Crippen LogP contribution in [0.2, 0.25) is 5.02 Å². The van der Waals surface area contributed by atoms with Gasteiger partial charge in [-0.25, -0.2) is 5.43 Å². The van der Waals surface area contributed by atoms with E-state index in [9.17, 15) is 0 Å². The largest absolute Gasteiger partial charge is 0.271 e. The number of hydrazine groups is 1. The number of hydrogen-bond donors (Lipinski definition) is 2. The Morgan fingerprint density at radius 1 is 1.53 bits per heavy atom. The van der Waals surface area contributed by atoms with Crippen molar-refractivity contribution in [2.45, 2.75) is 26.4 Å². The lowest BCUT2D eigenvalue weighted by Crippen LogP contribution is -2.31. The van der Waals surface area contributed by atoms with E-state index in [0.29, 0.717) is 5.02 Å². The molecule has 1 unspecified atom stereocenters. The fourth-order valence-electron chi connectivity index (χ4n) is 2.15. The minimum Gasteiger partial charge on any atom is -0.271 e. The Hall–Kier alpha value is -0.880. The van der Waals surface area contributed by atoms with Crippen molar-refractivity contribution in [2.75, 3.05) is 0 Å². The van der Waals surface area contributed by atoms with Gasteiger partial charge in [0.05, 0.1) is 22.4 Å². The molecular formula is C13H16BrClN4. The maximum atomic E-state index is 6.09. The molecule has 0 amide bonds. The van der Waals surface area contributed by atoms with Crippen molar-refractivity contribution >= 4 is 27.5 Å². The van der Waals surface area contributed by atoms with Crippen LogP contribution in [-0.4, -0.2) is 9.78 Å². The molecule has 1 aromatic carbocycles. The topological polar surface area (TPSA) is 55.9 Å². The first-order valence-corrected chi connectivity index (χ1v) is 7.19. The average molecular weight is 344 g/mol. The third kappa shape index (κ3) is 2.84. The zero-order valence-corrected chi connectivity index (χ0v) is 13.2. The lowest BCUT2D eigenvalue weighted by molar-refractivity contribution is 0.540. The van der Waals surface area contributed by atoms with Crippen molar-refractivity contribution in [3.8, 4) is 0 Å². The molecule has 0 fully saturated rings. The fraction of sp³-hybridized carbons (Fsp3) is 0.308. The zero-order valence-electron chi connectivity index (χ0n) is 10.8. The third-order valence-corrected chi connectivity index (χ3v) is 3.97. The van der Waals surface area contributed by atoms with Crippen molar-refractivity contribution in [2.24, 2.45) is 5.84 Å². The summed E-state index contributed by atoms with van der Waals surface area (Å²) in [6.45, 7) is 4.86. The Kier molecular flexibility index (Phi) is 4.62. The standard InChI is InChI=1S/C13H16BrClN4/c1-3-19-13(11(14)7-17-19)12(18-16)10-6-9(15)5-4-8(10)2/h4-7,12,18H,3,16H2,1-2H3. The van der Waals surface area contributed by atoms with Gasteiger partial charge in [-0.2, -0.15) is 5.10 Å². The van der Waals surface area contributed by atoms with Gasteiger partial charge in [-0.15, -0.1) is 0 Å². The summed E-state index contributed by atoms with van der Waals surface area (Å²) in [5.74, 6) is 5.75. The van der Waals surface area contributed by atoms with Crippen LogP contribution in [0.3, 0.4) is 0 Å². The number of hydrogen-bond acceptors (Lipinski definition) is 3. The molecule has 0 bridgehead atoms. The Bertz CT molecular complexity index is 582. The molecule has 3 N–H and O–H groups in total. The Morgan fingerprint density at radius 3 is 2.89 bits per heavy atom. The molecule has 0 saturated carbocycles. The monoisotopic (exact) mass is 342 g/mol. The van der Waals surface area contributed by atoms with Crippen LogP contribution in [0.25, 0.3) is 0 Å². The highest BCUT2D eigenvalue weighted by molar-refractivity contribution is 9.10. The van der Waals surface area contributed by atoms with E-state index < -0.39 is 0 Å². The summed E-state index contributed by atoms with van der Waals surface area (Å²) in [5.41, 5.74) is 6.03. The molecule has 1 heterocycles. The van der Waals surface area contributed by atoms with E-state index >= 15 is 0 Å². The minimum absolute atomic E-state index is 0.157. The third-order valence-electron chi connectivity index (χ3n) is 3.13. The summed E-state index contributed by atoms with van der Waals surface area (Å²) in [4.78, 5) is 0. The van der Waals surface area contributed by atoms with Crippen LogP contribution >= 0.6 is 27.5 Å². The van der Waals surface area contributed by atoms with Crippen LogP contribution in [0, 0.1) is 6.92 Å². The first-order valence-electron chi connectivity index (χ1n) is 6.01. The summed E-state index contributed by atoms with van der Waals surface area (Å²) >= 11 is 9.62. The number of aromatic nitrogens is 2. The summed E-state index contributed by atoms with van der Waals surface area (Å²) in [6.07, 6.45) is 1.78. The van der Waals surface area contributed by atoms with Crippen LogP contribution in [0.15, 0.2) is 28.9 Å². The lowest BCUT2D eigenvalue weighted by Gasteiger charge is -2.20.